The van der Waals surface area contributed by atoms with Crippen molar-refractivity contribution in [1.82, 2.24) is 9.62 Å². The highest BCUT2D eigenvalue weighted by molar-refractivity contribution is 14.1. The van der Waals surface area contributed by atoms with E-state index in [2.05, 4.69) is 4.72 Å². The Labute approximate surface area is 143 Å². The molecule has 1 N–H and O–H groups in total. The highest BCUT2D eigenvalue weighted by Gasteiger charge is 2.26. The van der Waals surface area contributed by atoms with Gasteiger partial charge in [-0.15, -0.1) is 0 Å². The average Bonchev–Trinajstić information content (AvgIpc) is 2.49. The molecule has 0 aliphatic carbocycles. The zero-order valence-electron chi connectivity index (χ0n) is 12.2. The molecule has 2 rings (SSSR count). The SMILES string of the molecule is CCS(=O)(=O)NC1CCN(C(=O)c2cc(F)ccc2I)CC1. The number of hydrogen-bond acceptors (Lipinski definition) is 3. The van der Waals surface area contributed by atoms with E-state index in [4.69, 9.17) is 0 Å². The summed E-state index contributed by atoms with van der Waals surface area (Å²) in [6.45, 7) is 2.51. The van der Waals surface area contributed by atoms with Crippen LogP contribution in [0.5, 0.6) is 0 Å². The van der Waals surface area contributed by atoms with E-state index in [1.54, 1.807) is 17.9 Å². The van der Waals surface area contributed by atoms with Crippen LogP contribution in [0.25, 0.3) is 0 Å². The molecule has 122 valence electrons. The molecule has 1 amide bonds. The number of likely N-dealkylation sites (tertiary alicyclic amines) is 1. The second-order valence-electron chi connectivity index (χ2n) is 5.21. The number of nitrogens with zero attached hydrogens (tertiary/aromatic N) is 1. The Morgan fingerprint density at radius 3 is 2.64 bits per heavy atom. The largest absolute Gasteiger partial charge is 0.338 e. The minimum absolute atomic E-state index is 0.0492. The number of nitrogens with one attached hydrogen (secondary N) is 1. The van der Waals surface area contributed by atoms with Gasteiger partial charge in [0.2, 0.25) is 10.0 Å². The molecule has 1 fully saturated rings. The molecular formula is C14H18FIN2O3S. The van der Waals surface area contributed by atoms with Gasteiger partial charge in [-0.1, -0.05) is 0 Å². The molecule has 5 nitrogen and oxygen atoms in total. The highest BCUT2D eigenvalue weighted by Crippen LogP contribution is 2.19. The first-order valence-corrected chi connectivity index (χ1v) is 9.80. The summed E-state index contributed by atoms with van der Waals surface area (Å²) in [5, 5.41) is 0. The molecule has 0 spiro atoms. The van der Waals surface area contributed by atoms with Crippen molar-refractivity contribution >= 4 is 38.5 Å². The minimum Gasteiger partial charge on any atom is -0.338 e. The van der Waals surface area contributed by atoms with E-state index in [1.807, 2.05) is 22.6 Å². The van der Waals surface area contributed by atoms with Crippen LogP contribution < -0.4 is 4.72 Å². The fourth-order valence-corrected chi connectivity index (χ4v) is 3.85. The van der Waals surface area contributed by atoms with Crippen LogP contribution in [0.2, 0.25) is 0 Å². The molecule has 1 saturated heterocycles. The van der Waals surface area contributed by atoms with E-state index in [-0.39, 0.29) is 17.7 Å². The topological polar surface area (TPSA) is 66.5 Å². The molecule has 1 heterocycles. The summed E-state index contributed by atoms with van der Waals surface area (Å²) in [5.41, 5.74) is 0.355. The van der Waals surface area contributed by atoms with Gasteiger partial charge in [0.15, 0.2) is 0 Å². The molecule has 1 aliphatic rings. The minimum atomic E-state index is -3.23. The fourth-order valence-electron chi connectivity index (χ4n) is 2.37. The first-order chi connectivity index (χ1) is 10.3. The van der Waals surface area contributed by atoms with Crippen LogP contribution in [0.1, 0.15) is 30.1 Å². The van der Waals surface area contributed by atoms with E-state index in [9.17, 15) is 17.6 Å². The van der Waals surface area contributed by atoms with Crippen LogP contribution in [-0.2, 0) is 10.0 Å². The Morgan fingerprint density at radius 2 is 2.05 bits per heavy atom. The van der Waals surface area contributed by atoms with Gasteiger partial charge in [0.05, 0.1) is 11.3 Å². The van der Waals surface area contributed by atoms with E-state index < -0.39 is 15.8 Å². The zero-order valence-corrected chi connectivity index (χ0v) is 15.2. The van der Waals surface area contributed by atoms with Crippen molar-refractivity contribution in [3.8, 4) is 0 Å². The van der Waals surface area contributed by atoms with Gasteiger partial charge in [0.1, 0.15) is 5.82 Å². The second-order valence-corrected chi connectivity index (χ2v) is 8.42. The molecule has 1 aromatic rings. The molecule has 22 heavy (non-hydrogen) atoms. The van der Waals surface area contributed by atoms with Crippen molar-refractivity contribution in [1.29, 1.82) is 0 Å². The molecule has 0 unspecified atom stereocenters. The van der Waals surface area contributed by atoms with E-state index in [0.29, 0.717) is 35.1 Å². The number of benzene rings is 1. The van der Waals surface area contributed by atoms with Gasteiger partial charge in [0, 0.05) is 22.7 Å². The van der Waals surface area contributed by atoms with Crippen LogP contribution in [-0.4, -0.2) is 44.1 Å². The molecule has 0 saturated carbocycles. The average molecular weight is 440 g/mol. The van der Waals surface area contributed by atoms with E-state index in [1.165, 1.54) is 12.1 Å². The Hall–Kier alpha value is -0.740. The van der Waals surface area contributed by atoms with Gasteiger partial charge in [0.25, 0.3) is 5.91 Å². The van der Waals surface area contributed by atoms with Gasteiger partial charge in [-0.3, -0.25) is 4.79 Å². The van der Waals surface area contributed by atoms with Crippen LogP contribution in [0.4, 0.5) is 4.39 Å². The lowest BCUT2D eigenvalue weighted by Crippen LogP contribution is -2.47. The second kappa shape index (κ2) is 7.22. The third-order valence-electron chi connectivity index (χ3n) is 3.67. The summed E-state index contributed by atoms with van der Waals surface area (Å²) < 4.78 is 39.8. The molecule has 8 heteroatoms. The van der Waals surface area contributed by atoms with Gasteiger partial charge in [-0.25, -0.2) is 17.5 Å². The lowest BCUT2D eigenvalue weighted by molar-refractivity contribution is 0.0709. The van der Waals surface area contributed by atoms with Crippen LogP contribution in [0.3, 0.4) is 0 Å². The quantitative estimate of drug-likeness (QED) is 0.729. The molecular weight excluding hydrogens is 422 g/mol. The normalized spacial score (nSPS) is 16.8. The number of rotatable bonds is 4. The number of carbonyl (C=O) groups excluding carboxylic acids is 1. The summed E-state index contributed by atoms with van der Waals surface area (Å²) in [6.07, 6.45) is 1.13. The van der Waals surface area contributed by atoms with Gasteiger partial charge < -0.3 is 4.90 Å². The first kappa shape index (κ1) is 17.6. The van der Waals surface area contributed by atoms with Crippen LogP contribution in [0, 0.1) is 9.39 Å². The maximum atomic E-state index is 13.3. The molecule has 0 aromatic heterocycles. The van der Waals surface area contributed by atoms with Crippen LogP contribution in [0.15, 0.2) is 18.2 Å². The maximum absolute atomic E-state index is 13.3. The van der Waals surface area contributed by atoms with Crippen molar-refractivity contribution in [3.63, 3.8) is 0 Å². The summed E-state index contributed by atoms with van der Waals surface area (Å²) in [6, 6.07) is 4.01. The van der Waals surface area contributed by atoms with Gasteiger partial charge in [-0.2, -0.15) is 0 Å². The lowest BCUT2D eigenvalue weighted by Gasteiger charge is -2.32. The number of carbonyl (C=O) groups is 1. The predicted molar refractivity (Wildman–Crippen MR) is 90.6 cm³/mol. The summed E-state index contributed by atoms with van der Waals surface area (Å²) in [5.74, 6) is -0.594. The first-order valence-electron chi connectivity index (χ1n) is 7.06. The molecule has 1 aromatic carbocycles. The Kier molecular flexibility index (Phi) is 5.78. The summed E-state index contributed by atoms with van der Waals surface area (Å²) >= 11 is 2.01. The number of halogens is 2. The third kappa shape index (κ3) is 4.39. The standard InChI is InChI=1S/C14H18FIN2O3S/c1-2-22(20,21)17-11-5-7-18(8-6-11)14(19)12-9-10(15)3-4-13(12)16/h3-4,9,11,17H,2,5-8H2,1H3. The molecule has 0 radical (unpaired) electrons. The van der Waals surface area contributed by atoms with Gasteiger partial charge >= 0.3 is 0 Å². The van der Waals surface area contributed by atoms with Crippen molar-refractivity contribution in [3.05, 3.63) is 33.1 Å². The summed E-state index contributed by atoms with van der Waals surface area (Å²) in [4.78, 5) is 14.1. The number of hydrogen-bond donors (Lipinski definition) is 1. The monoisotopic (exact) mass is 440 g/mol. The fraction of sp³-hybridized carbons (Fsp3) is 0.500. The van der Waals surface area contributed by atoms with Crippen molar-refractivity contribution in [2.75, 3.05) is 18.8 Å². The smallest absolute Gasteiger partial charge is 0.255 e. The Balaban J connectivity index is 1.99. The molecule has 0 bridgehead atoms. The lowest BCUT2D eigenvalue weighted by atomic mass is 10.0. The van der Waals surface area contributed by atoms with Crippen molar-refractivity contribution in [2.24, 2.45) is 0 Å². The van der Waals surface area contributed by atoms with Crippen molar-refractivity contribution in [2.45, 2.75) is 25.8 Å². The van der Waals surface area contributed by atoms with E-state index in [0.717, 1.165) is 0 Å². The molecule has 1 aliphatic heterocycles. The molecule has 0 atom stereocenters. The number of piperidine rings is 1. The Bertz CT molecular complexity index is 658. The summed E-state index contributed by atoms with van der Waals surface area (Å²) in [7, 11) is -3.23. The zero-order chi connectivity index (χ0) is 16.3. The van der Waals surface area contributed by atoms with Crippen molar-refractivity contribution < 1.29 is 17.6 Å². The van der Waals surface area contributed by atoms with Gasteiger partial charge in [-0.05, 0) is 60.6 Å². The Morgan fingerprint density at radius 1 is 1.41 bits per heavy atom. The third-order valence-corrected chi connectivity index (χ3v) is 6.06. The van der Waals surface area contributed by atoms with E-state index >= 15 is 0 Å². The highest BCUT2D eigenvalue weighted by atomic mass is 127. The van der Waals surface area contributed by atoms with Crippen LogP contribution >= 0.6 is 22.6 Å². The maximum Gasteiger partial charge on any atom is 0.255 e. The number of amides is 1. The number of sulfonamides is 1. The predicted octanol–water partition coefficient (Wildman–Crippen LogP) is 1.97.